The van der Waals surface area contributed by atoms with E-state index < -0.39 is 0 Å². The molecule has 0 aliphatic carbocycles. The molecule has 0 radical (unpaired) electrons. The number of rotatable bonds is 10. The van der Waals surface area contributed by atoms with E-state index in [1.165, 1.54) is 24.8 Å². The van der Waals surface area contributed by atoms with Crippen LogP contribution in [0.5, 0.6) is 0 Å². The summed E-state index contributed by atoms with van der Waals surface area (Å²) in [5.41, 5.74) is 8.05. The van der Waals surface area contributed by atoms with Gasteiger partial charge in [0, 0.05) is 25.1 Å². The Hall–Kier alpha value is -1.64. The Morgan fingerprint density at radius 3 is 2.58 bits per heavy atom. The maximum atomic E-state index is 5.88. The Kier molecular flexibility index (Phi) is 10.9. The molecule has 0 saturated heterocycles. The summed E-state index contributed by atoms with van der Waals surface area (Å²) in [6.45, 7) is 5.78. The van der Waals surface area contributed by atoms with Gasteiger partial charge in [-0.05, 0) is 30.5 Å². The van der Waals surface area contributed by atoms with Crippen molar-refractivity contribution >= 4 is 29.9 Å². The van der Waals surface area contributed by atoms with Crippen molar-refractivity contribution in [3.63, 3.8) is 0 Å². The van der Waals surface area contributed by atoms with Crippen molar-refractivity contribution in [2.24, 2.45) is 10.7 Å². The van der Waals surface area contributed by atoms with Crippen molar-refractivity contribution in [2.75, 3.05) is 13.1 Å². The number of benzene rings is 1. The summed E-state index contributed by atoms with van der Waals surface area (Å²) in [5, 5.41) is 7.09. The fraction of sp³-hybridized carbons (Fsp3) is 0.526. The predicted octanol–water partition coefficient (Wildman–Crippen LogP) is 3.94. The number of nitrogens with two attached hydrogens (primary N) is 1. The largest absolute Gasteiger partial charge is 0.370 e. The van der Waals surface area contributed by atoms with Crippen LogP contribution in [0.4, 0.5) is 0 Å². The number of hydrogen-bond acceptors (Lipinski definition) is 4. The molecule has 1 aromatic carbocycles. The molecular formula is C19H30IN5O. The van der Waals surface area contributed by atoms with E-state index in [0.717, 1.165) is 43.7 Å². The number of nitrogens with zero attached hydrogens (tertiary/aromatic N) is 3. The van der Waals surface area contributed by atoms with Crippen LogP contribution in [0.2, 0.25) is 0 Å². The van der Waals surface area contributed by atoms with Gasteiger partial charge in [0.15, 0.2) is 11.8 Å². The van der Waals surface area contributed by atoms with E-state index in [2.05, 4.69) is 39.5 Å². The van der Waals surface area contributed by atoms with E-state index in [0.29, 0.717) is 11.9 Å². The van der Waals surface area contributed by atoms with Gasteiger partial charge in [0.2, 0.25) is 0 Å². The number of guanidine groups is 1. The second-order valence-corrected chi connectivity index (χ2v) is 6.07. The van der Waals surface area contributed by atoms with E-state index in [1.807, 2.05) is 19.1 Å². The quantitative estimate of drug-likeness (QED) is 0.237. The zero-order valence-corrected chi connectivity index (χ0v) is 18.0. The fourth-order valence-corrected chi connectivity index (χ4v) is 2.46. The monoisotopic (exact) mass is 471 g/mol. The third kappa shape index (κ3) is 7.72. The first-order chi connectivity index (χ1) is 12.2. The van der Waals surface area contributed by atoms with E-state index >= 15 is 0 Å². The Morgan fingerprint density at radius 1 is 1.15 bits per heavy atom. The second-order valence-electron chi connectivity index (χ2n) is 6.07. The molecule has 0 atom stereocenters. The maximum absolute atomic E-state index is 5.88. The van der Waals surface area contributed by atoms with Crippen molar-refractivity contribution in [3.05, 3.63) is 35.7 Å². The van der Waals surface area contributed by atoms with Crippen LogP contribution in [0.3, 0.4) is 0 Å². The Bertz CT molecular complexity index is 654. The molecule has 2 rings (SSSR count). The molecule has 0 saturated carbocycles. The summed E-state index contributed by atoms with van der Waals surface area (Å²) >= 11 is 0. The minimum absolute atomic E-state index is 0. The number of aliphatic imine (C=N–C) groups is 1. The number of nitrogens with one attached hydrogen (secondary N) is 1. The van der Waals surface area contributed by atoms with Gasteiger partial charge in [0.1, 0.15) is 0 Å². The maximum Gasteiger partial charge on any atom is 0.257 e. The van der Waals surface area contributed by atoms with Gasteiger partial charge in [0.25, 0.3) is 5.89 Å². The highest BCUT2D eigenvalue weighted by atomic mass is 127. The lowest BCUT2D eigenvalue weighted by Gasteiger charge is -2.06. The van der Waals surface area contributed by atoms with Crippen LogP contribution in [-0.4, -0.2) is 29.2 Å². The topological polar surface area (TPSA) is 89.3 Å². The van der Waals surface area contributed by atoms with Crippen molar-refractivity contribution in [1.29, 1.82) is 0 Å². The summed E-state index contributed by atoms with van der Waals surface area (Å²) in [7, 11) is 0. The molecule has 6 nitrogen and oxygen atoms in total. The van der Waals surface area contributed by atoms with Crippen LogP contribution < -0.4 is 11.1 Å². The molecule has 0 bridgehead atoms. The molecule has 7 heteroatoms. The van der Waals surface area contributed by atoms with Gasteiger partial charge >= 0.3 is 0 Å². The molecule has 3 N–H and O–H groups in total. The normalized spacial score (nSPS) is 11.2. The number of aromatic nitrogens is 2. The minimum atomic E-state index is 0. The van der Waals surface area contributed by atoms with E-state index in [-0.39, 0.29) is 24.0 Å². The van der Waals surface area contributed by atoms with Crippen LogP contribution in [0.15, 0.2) is 33.8 Å². The molecule has 26 heavy (non-hydrogen) atoms. The number of halogens is 1. The highest BCUT2D eigenvalue weighted by molar-refractivity contribution is 14.0. The second kappa shape index (κ2) is 12.7. The van der Waals surface area contributed by atoms with Crippen molar-refractivity contribution in [2.45, 2.75) is 52.4 Å². The van der Waals surface area contributed by atoms with Crippen LogP contribution in [0.25, 0.3) is 11.5 Å². The molecule has 0 aliphatic heterocycles. The van der Waals surface area contributed by atoms with Gasteiger partial charge in [-0.15, -0.1) is 24.0 Å². The standard InChI is InChI=1S/C19H29N5O.HI/c1-3-5-6-7-13-21-19(20)22-14-12-15-8-10-16(11-9-15)18-23-17(4-2)24-25-18;/h8-11H,3-7,12-14H2,1-2H3,(H3,20,21,22);1H. The van der Waals surface area contributed by atoms with Crippen LogP contribution in [0.1, 0.15) is 50.9 Å². The summed E-state index contributed by atoms with van der Waals surface area (Å²) < 4.78 is 5.25. The Labute approximate surface area is 173 Å². The van der Waals surface area contributed by atoms with Crippen LogP contribution in [0, 0.1) is 0 Å². The minimum Gasteiger partial charge on any atom is -0.370 e. The molecular weight excluding hydrogens is 441 g/mol. The number of aryl methyl sites for hydroxylation is 1. The average molecular weight is 471 g/mol. The zero-order chi connectivity index (χ0) is 17.9. The van der Waals surface area contributed by atoms with Crippen molar-refractivity contribution in [3.8, 4) is 11.5 Å². The molecule has 1 heterocycles. The third-order valence-electron chi connectivity index (χ3n) is 4.00. The fourth-order valence-electron chi connectivity index (χ4n) is 2.46. The molecule has 1 aromatic heterocycles. The van der Waals surface area contributed by atoms with Gasteiger partial charge in [-0.25, -0.2) is 0 Å². The first-order valence-corrected chi connectivity index (χ1v) is 9.18. The zero-order valence-electron chi connectivity index (χ0n) is 15.7. The third-order valence-corrected chi connectivity index (χ3v) is 4.00. The van der Waals surface area contributed by atoms with Crippen molar-refractivity contribution < 1.29 is 4.52 Å². The van der Waals surface area contributed by atoms with Gasteiger partial charge in [-0.3, -0.25) is 4.99 Å². The van der Waals surface area contributed by atoms with E-state index in [9.17, 15) is 0 Å². The first-order valence-electron chi connectivity index (χ1n) is 9.18. The lowest BCUT2D eigenvalue weighted by Crippen LogP contribution is -2.33. The van der Waals surface area contributed by atoms with E-state index in [1.54, 1.807) is 0 Å². The highest BCUT2D eigenvalue weighted by Gasteiger charge is 2.07. The molecule has 144 valence electrons. The summed E-state index contributed by atoms with van der Waals surface area (Å²) in [5.74, 6) is 1.83. The number of unbranched alkanes of at least 4 members (excludes halogenated alkanes) is 3. The predicted molar refractivity (Wildman–Crippen MR) is 117 cm³/mol. The summed E-state index contributed by atoms with van der Waals surface area (Å²) in [6, 6.07) is 8.16. The van der Waals surface area contributed by atoms with Crippen LogP contribution >= 0.6 is 24.0 Å². The highest BCUT2D eigenvalue weighted by Crippen LogP contribution is 2.18. The molecule has 0 spiro atoms. The van der Waals surface area contributed by atoms with Gasteiger partial charge in [-0.1, -0.05) is 50.4 Å². The molecule has 0 fully saturated rings. The lowest BCUT2D eigenvalue weighted by molar-refractivity contribution is 0.423. The molecule has 2 aromatic rings. The number of hydrogen-bond donors (Lipinski definition) is 2. The van der Waals surface area contributed by atoms with Crippen molar-refractivity contribution in [1.82, 2.24) is 15.5 Å². The molecule has 0 amide bonds. The Balaban J connectivity index is 0.00000338. The molecule has 0 aliphatic rings. The van der Waals surface area contributed by atoms with E-state index in [4.69, 9.17) is 10.3 Å². The smallest absolute Gasteiger partial charge is 0.257 e. The lowest BCUT2D eigenvalue weighted by atomic mass is 10.1. The van der Waals surface area contributed by atoms with Gasteiger partial charge in [0.05, 0.1) is 0 Å². The summed E-state index contributed by atoms with van der Waals surface area (Å²) in [4.78, 5) is 8.69. The summed E-state index contributed by atoms with van der Waals surface area (Å²) in [6.07, 6.45) is 6.49. The first kappa shape index (κ1) is 22.4. The average Bonchev–Trinajstić information content (AvgIpc) is 3.11. The van der Waals surface area contributed by atoms with Crippen LogP contribution in [-0.2, 0) is 12.8 Å². The van der Waals surface area contributed by atoms with Gasteiger partial charge < -0.3 is 15.6 Å². The molecule has 0 unspecified atom stereocenters. The SMILES string of the molecule is CCCCCCN=C(N)NCCc1ccc(-c2nc(CC)no2)cc1.I. The van der Waals surface area contributed by atoms with Gasteiger partial charge in [-0.2, -0.15) is 4.98 Å². The Morgan fingerprint density at radius 2 is 1.92 bits per heavy atom.